The number of carbonyl (C=O) groups excluding carboxylic acids is 2. The Labute approximate surface area is 322 Å². The fourth-order valence-electron chi connectivity index (χ4n) is 8.27. The van der Waals surface area contributed by atoms with Crippen LogP contribution in [0.3, 0.4) is 0 Å². The molecule has 4 aromatic carbocycles. The Balaban J connectivity index is 0.993. The second kappa shape index (κ2) is 16.1. The van der Waals surface area contributed by atoms with Crippen LogP contribution in [0.5, 0.6) is 0 Å². The quantitative estimate of drug-likeness (QED) is 0.151. The zero-order chi connectivity index (χ0) is 37.8. The molecule has 4 heterocycles. The number of hydrogen-bond acceptors (Lipinski definition) is 8. The lowest BCUT2D eigenvalue weighted by molar-refractivity contribution is -0.276. The molecule has 3 aliphatic heterocycles. The Morgan fingerprint density at radius 2 is 1.62 bits per heavy atom. The highest BCUT2D eigenvalue weighted by atomic mass is 16.7. The van der Waals surface area contributed by atoms with Gasteiger partial charge in [0.05, 0.1) is 31.0 Å². The van der Waals surface area contributed by atoms with Gasteiger partial charge in [-0.15, -0.1) is 0 Å². The first-order valence-corrected chi connectivity index (χ1v) is 19.1. The number of benzene rings is 4. The Hall–Kier alpha value is -5.39. The van der Waals surface area contributed by atoms with E-state index in [2.05, 4.69) is 74.8 Å². The number of aliphatic hydroxyl groups is 1. The lowest BCUT2D eigenvalue weighted by Gasteiger charge is -2.46. The maximum Gasteiger partial charge on any atom is 0.253 e. The van der Waals surface area contributed by atoms with Gasteiger partial charge < -0.3 is 35.0 Å². The van der Waals surface area contributed by atoms with Crippen molar-refractivity contribution in [2.24, 2.45) is 5.92 Å². The molecule has 2 amide bonds. The lowest BCUT2D eigenvalue weighted by atomic mass is 9.84. The Kier molecular flexibility index (Phi) is 10.7. The van der Waals surface area contributed by atoms with Crippen LogP contribution in [-0.4, -0.2) is 64.8 Å². The van der Waals surface area contributed by atoms with Gasteiger partial charge in [-0.2, -0.15) is 0 Å². The third-order valence-electron chi connectivity index (χ3n) is 11.5. The molecule has 1 spiro atoms. The molecule has 1 aromatic heterocycles. The largest absolute Gasteiger partial charge is 0.392 e. The minimum Gasteiger partial charge on any atom is -0.392 e. The van der Waals surface area contributed by atoms with Crippen molar-refractivity contribution in [3.63, 3.8) is 0 Å². The molecule has 10 nitrogen and oxygen atoms in total. The molecule has 3 fully saturated rings. The van der Waals surface area contributed by atoms with Crippen LogP contribution in [-0.2, 0) is 27.4 Å². The zero-order valence-electron chi connectivity index (χ0n) is 31.0. The number of hydrogen-bond donors (Lipinski definition) is 3. The first-order chi connectivity index (χ1) is 26.9. The topological polar surface area (TPSA) is 116 Å². The van der Waals surface area contributed by atoms with Crippen molar-refractivity contribution in [1.82, 2.24) is 20.5 Å². The van der Waals surface area contributed by atoms with E-state index in [1.807, 2.05) is 60.7 Å². The molecule has 4 atom stereocenters. The Morgan fingerprint density at radius 1 is 0.891 bits per heavy atom. The van der Waals surface area contributed by atoms with Crippen LogP contribution in [0.1, 0.15) is 64.8 Å². The summed E-state index contributed by atoms with van der Waals surface area (Å²) in [6.45, 7) is 5.34. The average Bonchev–Trinajstić information content (AvgIpc) is 3.56. The number of nitrogens with zero attached hydrogens (tertiary/aromatic N) is 3. The minimum absolute atomic E-state index is 0.0156. The summed E-state index contributed by atoms with van der Waals surface area (Å²) in [4.78, 5) is 34.8. The number of likely N-dealkylation sites (tertiary alicyclic amines) is 1. The van der Waals surface area contributed by atoms with Gasteiger partial charge in [0.25, 0.3) is 5.91 Å². The molecule has 3 saturated heterocycles. The van der Waals surface area contributed by atoms with Gasteiger partial charge >= 0.3 is 0 Å². The number of carbonyl (C=O) groups is 2. The molecule has 282 valence electrons. The highest BCUT2D eigenvalue weighted by Crippen LogP contribution is 2.43. The van der Waals surface area contributed by atoms with E-state index in [1.165, 1.54) is 0 Å². The zero-order valence-corrected chi connectivity index (χ0v) is 31.0. The van der Waals surface area contributed by atoms with E-state index in [9.17, 15) is 14.7 Å². The molecule has 3 aliphatic rings. The van der Waals surface area contributed by atoms with Crippen LogP contribution in [0, 0.1) is 5.92 Å². The molecule has 0 saturated carbocycles. The van der Waals surface area contributed by atoms with E-state index in [0.717, 1.165) is 65.0 Å². The van der Waals surface area contributed by atoms with Gasteiger partial charge in [-0.3, -0.25) is 14.6 Å². The monoisotopic (exact) mass is 737 g/mol. The number of piperidine rings is 1. The van der Waals surface area contributed by atoms with Crippen molar-refractivity contribution in [3.8, 4) is 11.1 Å². The van der Waals surface area contributed by atoms with Gasteiger partial charge in [-0.1, -0.05) is 97.9 Å². The van der Waals surface area contributed by atoms with Crippen molar-refractivity contribution >= 4 is 17.5 Å². The van der Waals surface area contributed by atoms with E-state index in [-0.39, 0.29) is 36.5 Å². The van der Waals surface area contributed by atoms with Crippen molar-refractivity contribution in [2.45, 2.75) is 57.0 Å². The van der Waals surface area contributed by atoms with Crippen LogP contribution < -0.4 is 15.5 Å². The summed E-state index contributed by atoms with van der Waals surface area (Å²) in [6.07, 6.45) is 3.71. The summed E-state index contributed by atoms with van der Waals surface area (Å²) in [5.74, 6) is -0.0223. The molecule has 55 heavy (non-hydrogen) atoms. The number of ether oxygens (including phenoxy) is 2. The summed E-state index contributed by atoms with van der Waals surface area (Å²) in [5.41, 5.74) is 6.90. The van der Waals surface area contributed by atoms with E-state index < -0.39 is 11.8 Å². The number of anilines is 1. The number of para-hydroxylation sites is 1. The van der Waals surface area contributed by atoms with Crippen molar-refractivity contribution in [2.75, 3.05) is 31.2 Å². The molecule has 0 bridgehead atoms. The molecule has 4 unspecified atom stereocenters. The van der Waals surface area contributed by atoms with Crippen LogP contribution in [0.4, 0.5) is 5.69 Å². The standard InChI is InChI=1S/C45H47N5O5/c1-31-40(28-49-24-21-45(22-25-49)44(53)48-30-50(45)38-10-3-2-4-11-38)54-43(55-41(31)34-15-13-32(29-51)14-16-34)35-19-17-33(18-20-35)39-12-6-5-8-36(39)27-47-42(52)37-9-7-23-46-26-37/h2-20,23,26,31,40-41,43,51H,21-22,24-25,27-30H2,1H3,(H,47,52)(H,48,53). The molecule has 0 aliphatic carbocycles. The number of nitrogens with one attached hydrogen (secondary N) is 2. The molecule has 3 N–H and O–H groups in total. The molecule has 5 aromatic rings. The first kappa shape index (κ1) is 36.6. The summed E-state index contributed by atoms with van der Waals surface area (Å²) in [7, 11) is 0. The number of amides is 2. The second-order valence-corrected chi connectivity index (χ2v) is 14.8. The van der Waals surface area contributed by atoms with Gasteiger partial charge in [0.2, 0.25) is 5.91 Å². The third-order valence-corrected chi connectivity index (χ3v) is 11.5. The summed E-state index contributed by atoms with van der Waals surface area (Å²) >= 11 is 0. The maximum absolute atomic E-state index is 13.3. The third kappa shape index (κ3) is 7.63. The minimum atomic E-state index is -0.600. The van der Waals surface area contributed by atoms with Crippen LogP contribution >= 0.6 is 0 Å². The van der Waals surface area contributed by atoms with Crippen LogP contribution in [0.2, 0.25) is 0 Å². The number of aliphatic hydroxyl groups excluding tert-OH is 1. The van der Waals surface area contributed by atoms with E-state index in [4.69, 9.17) is 9.47 Å². The predicted molar refractivity (Wildman–Crippen MR) is 211 cm³/mol. The second-order valence-electron chi connectivity index (χ2n) is 14.8. The number of rotatable bonds is 10. The van der Waals surface area contributed by atoms with E-state index in [0.29, 0.717) is 25.3 Å². The Bertz CT molecular complexity index is 2070. The smallest absolute Gasteiger partial charge is 0.253 e. The van der Waals surface area contributed by atoms with Crippen molar-refractivity contribution in [3.05, 3.63) is 155 Å². The van der Waals surface area contributed by atoms with Gasteiger partial charge in [-0.05, 0) is 64.9 Å². The normalized spacial score (nSPS) is 22.4. The van der Waals surface area contributed by atoms with Gasteiger partial charge in [0.15, 0.2) is 6.29 Å². The first-order valence-electron chi connectivity index (χ1n) is 19.1. The SMILES string of the molecule is CC1C(CN2CCC3(CC2)C(=O)NCN3c2ccccc2)OC(c2ccc(-c3ccccc3CNC(=O)c3cccnc3)cc2)OC1c1ccc(CO)cc1. The lowest BCUT2D eigenvalue weighted by Crippen LogP contribution is -2.57. The number of pyridine rings is 1. The van der Waals surface area contributed by atoms with E-state index in [1.54, 1.807) is 24.5 Å². The Morgan fingerprint density at radius 3 is 2.35 bits per heavy atom. The molecular weight excluding hydrogens is 691 g/mol. The average molecular weight is 738 g/mol. The van der Waals surface area contributed by atoms with Gasteiger partial charge in [0, 0.05) is 55.7 Å². The highest BCUT2D eigenvalue weighted by Gasteiger charge is 2.51. The molecule has 10 heteroatoms. The molecule has 8 rings (SSSR count). The predicted octanol–water partition coefficient (Wildman–Crippen LogP) is 6.39. The molecule has 0 radical (unpaired) electrons. The fraction of sp³-hybridized carbons (Fsp3) is 0.311. The summed E-state index contributed by atoms with van der Waals surface area (Å²) in [5, 5.41) is 15.8. The summed E-state index contributed by atoms with van der Waals surface area (Å²) in [6, 6.07) is 38.0. The van der Waals surface area contributed by atoms with Gasteiger partial charge in [0.1, 0.15) is 5.54 Å². The number of aromatic nitrogens is 1. The molecular formula is C45H47N5O5. The van der Waals surface area contributed by atoms with Crippen LogP contribution in [0.25, 0.3) is 11.1 Å². The highest BCUT2D eigenvalue weighted by molar-refractivity contribution is 5.94. The maximum atomic E-state index is 13.3. The van der Waals surface area contributed by atoms with Crippen molar-refractivity contribution < 1.29 is 24.2 Å². The fourth-order valence-corrected chi connectivity index (χ4v) is 8.27. The van der Waals surface area contributed by atoms with E-state index >= 15 is 0 Å². The van der Waals surface area contributed by atoms with Crippen LogP contribution in [0.15, 0.2) is 128 Å². The van der Waals surface area contributed by atoms with Gasteiger partial charge in [-0.25, -0.2) is 0 Å². The summed E-state index contributed by atoms with van der Waals surface area (Å²) < 4.78 is 13.6. The van der Waals surface area contributed by atoms with Crippen molar-refractivity contribution in [1.29, 1.82) is 0 Å².